The van der Waals surface area contributed by atoms with E-state index in [1.54, 1.807) is 4.31 Å². The summed E-state index contributed by atoms with van der Waals surface area (Å²) in [7, 11) is -3.45. The molecule has 1 aliphatic heterocycles. The first kappa shape index (κ1) is 18.9. The lowest BCUT2D eigenvalue weighted by molar-refractivity contribution is 0.384. The molecule has 0 bridgehead atoms. The van der Waals surface area contributed by atoms with Crippen LogP contribution in [-0.2, 0) is 10.0 Å². The fourth-order valence-corrected chi connectivity index (χ4v) is 5.52. The molecule has 0 aliphatic carbocycles. The topological polar surface area (TPSA) is 40.6 Å². The monoisotopic (exact) mass is 372 g/mol. The maximum absolute atomic E-state index is 13.2. The molecule has 0 atom stereocenters. The van der Waals surface area contributed by atoms with Gasteiger partial charge >= 0.3 is 0 Å². The summed E-state index contributed by atoms with van der Waals surface area (Å²) >= 11 is 0. The Bertz CT molecular complexity index is 907. The summed E-state index contributed by atoms with van der Waals surface area (Å²) in [5.74, 6) is 0. The second kappa shape index (κ2) is 7.05. The number of para-hydroxylation sites is 1. The highest BCUT2D eigenvalue weighted by Crippen LogP contribution is 2.28. The second-order valence-corrected chi connectivity index (χ2v) is 9.24. The minimum absolute atomic E-state index is 0.445. The van der Waals surface area contributed by atoms with Crippen molar-refractivity contribution in [3.05, 3.63) is 58.1 Å². The number of sulfonamides is 1. The second-order valence-electron chi connectivity index (χ2n) is 7.33. The van der Waals surface area contributed by atoms with Crippen LogP contribution in [0.4, 0.5) is 5.69 Å². The van der Waals surface area contributed by atoms with E-state index in [2.05, 4.69) is 36.9 Å². The quantitative estimate of drug-likeness (QED) is 0.824. The molecular formula is C21H28N2O2S. The summed E-state index contributed by atoms with van der Waals surface area (Å²) in [6.07, 6.45) is 0. The molecule has 1 saturated heterocycles. The number of nitrogens with zero attached hydrogens (tertiary/aromatic N) is 2. The average Bonchev–Trinajstić information content (AvgIpc) is 2.58. The van der Waals surface area contributed by atoms with Gasteiger partial charge in [-0.25, -0.2) is 8.42 Å². The molecule has 0 spiro atoms. The van der Waals surface area contributed by atoms with Crippen molar-refractivity contribution < 1.29 is 8.42 Å². The Kier molecular flexibility index (Phi) is 5.13. The minimum atomic E-state index is -3.45. The average molecular weight is 373 g/mol. The zero-order valence-corrected chi connectivity index (χ0v) is 17.2. The van der Waals surface area contributed by atoms with Gasteiger partial charge in [0, 0.05) is 31.9 Å². The molecule has 2 aromatic rings. The molecule has 0 unspecified atom stereocenters. The molecule has 1 heterocycles. The first-order chi connectivity index (χ1) is 12.2. The Morgan fingerprint density at radius 1 is 0.731 bits per heavy atom. The Labute approximate surface area is 157 Å². The Hall–Kier alpha value is -1.85. The minimum Gasteiger partial charge on any atom is -0.368 e. The third kappa shape index (κ3) is 3.38. The fraction of sp³-hybridized carbons (Fsp3) is 0.429. The zero-order valence-electron chi connectivity index (χ0n) is 16.3. The molecule has 0 aromatic heterocycles. The molecule has 3 rings (SSSR count). The molecule has 0 N–H and O–H groups in total. The van der Waals surface area contributed by atoms with E-state index in [0.29, 0.717) is 18.0 Å². The molecule has 0 radical (unpaired) electrons. The van der Waals surface area contributed by atoms with Crippen LogP contribution in [0.25, 0.3) is 0 Å². The summed E-state index contributed by atoms with van der Waals surface area (Å²) in [5, 5.41) is 0. The third-order valence-electron chi connectivity index (χ3n) is 5.40. The van der Waals surface area contributed by atoms with Gasteiger partial charge in [-0.05, 0) is 68.5 Å². The van der Waals surface area contributed by atoms with Crippen LogP contribution < -0.4 is 4.90 Å². The predicted octanol–water partition coefficient (Wildman–Crippen LogP) is 3.74. The molecule has 4 nitrogen and oxygen atoms in total. The number of hydrogen-bond acceptors (Lipinski definition) is 3. The van der Waals surface area contributed by atoms with Crippen LogP contribution in [0.5, 0.6) is 0 Å². The summed E-state index contributed by atoms with van der Waals surface area (Å²) in [6, 6.07) is 10.1. The number of rotatable bonds is 3. The first-order valence-corrected chi connectivity index (χ1v) is 10.5. The molecular weight excluding hydrogens is 344 g/mol. The number of hydrogen-bond donors (Lipinski definition) is 0. The summed E-state index contributed by atoms with van der Waals surface area (Å²) < 4.78 is 27.9. The summed E-state index contributed by atoms with van der Waals surface area (Å²) in [4.78, 5) is 2.75. The molecule has 5 heteroatoms. The Balaban J connectivity index is 1.82. The Morgan fingerprint density at radius 3 is 1.85 bits per heavy atom. The highest BCUT2D eigenvalue weighted by molar-refractivity contribution is 7.89. The maximum atomic E-state index is 13.2. The zero-order chi connectivity index (χ0) is 19.1. The van der Waals surface area contributed by atoms with E-state index in [4.69, 9.17) is 0 Å². The van der Waals surface area contributed by atoms with Crippen molar-refractivity contribution in [2.24, 2.45) is 0 Å². The predicted molar refractivity (Wildman–Crippen MR) is 108 cm³/mol. The van der Waals surface area contributed by atoms with Crippen molar-refractivity contribution in [1.29, 1.82) is 0 Å². The Morgan fingerprint density at radius 2 is 1.27 bits per heavy atom. The fourth-order valence-electron chi connectivity index (χ4n) is 3.81. The van der Waals surface area contributed by atoms with Gasteiger partial charge < -0.3 is 4.90 Å². The standard InChI is InChI=1S/C21H28N2O2S/c1-15-7-6-8-16(2)21(15)22-9-11-23(12-10-22)26(24,25)20-14-18(4)17(3)13-19(20)5/h6-8,13-14H,9-12H2,1-5H3. The van der Waals surface area contributed by atoms with Gasteiger partial charge in [-0.1, -0.05) is 24.3 Å². The van der Waals surface area contributed by atoms with Gasteiger partial charge in [-0.3, -0.25) is 0 Å². The van der Waals surface area contributed by atoms with Gasteiger partial charge in [-0.2, -0.15) is 4.31 Å². The van der Waals surface area contributed by atoms with E-state index in [1.165, 1.54) is 16.8 Å². The molecule has 140 valence electrons. The van der Waals surface area contributed by atoms with Crippen LogP contribution in [0.15, 0.2) is 35.2 Å². The van der Waals surface area contributed by atoms with Crippen molar-refractivity contribution in [2.75, 3.05) is 31.1 Å². The van der Waals surface area contributed by atoms with Crippen LogP contribution in [0, 0.1) is 34.6 Å². The summed E-state index contributed by atoms with van der Waals surface area (Å²) in [6.45, 7) is 12.6. The largest absolute Gasteiger partial charge is 0.368 e. The highest BCUT2D eigenvalue weighted by atomic mass is 32.2. The third-order valence-corrected chi connectivity index (χ3v) is 7.44. The lowest BCUT2D eigenvalue weighted by atomic mass is 10.1. The lowest BCUT2D eigenvalue weighted by Crippen LogP contribution is -2.49. The van der Waals surface area contributed by atoms with Crippen molar-refractivity contribution in [2.45, 2.75) is 39.5 Å². The van der Waals surface area contributed by atoms with E-state index in [9.17, 15) is 8.42 Å². The van der Waals surface area contributed by atoms with Gasteiger partial charge in [-0.15, -0.1) is 0 Å². The SMILES string of the molecule is Cc1cc(C)c(S(=O)(=O)N2CCN(c3c(C)cccc3C)CC2)cc1C. The molecule has 0 amide bonds. The van der Waals surface area contributed by atoms with Gasteiger partial charge in [0.1, 0.15) is 0 Å². The molecule has 26 heavy (non-hydrogen) atoms. The normalized spacial score (nSPS) is 16.1. The van der Waals surface area contributed by atoms with E-state index >= 15 is 0 Å². The highest BCUT2D eigenvalue weighted by Gasteiger charge is 2.30. The number of benzene rings is 2. The van der Waals surface area contributed by atoms with E-state index in [1.807, 2.05) is 32.9 Å². The van der Waals surface area contributed by atoms with Crippen molar-refractivity contribution in [1.82, 2.24) is 4.31 Å². The van der Waals surface area contributed by atoms with Crippen LogP contribution in [0.2, 0.25) is 0 Å². The smallest absolute Gasteiger partial charge is 0.243 e. The van der Waals surface area contributed by atoms with Crippen molar-refractivity contribution in [3.63, 3.8) is 0 Å². The van der Waals surface area contributed by atoms with Crippen molar-refractivity contribution in [3.8, 4) is 0 Å². The molecule has 2 aromatic carbocycles. The van der Waals surface area contributed by atoms with Gasteiger partial charge in [0.2, 0.25) is 10.0 Å². The summed E-state index contributed by atoms with van der Waals surface area (Å²) in [5.41, 5.74) is 6.69. The lowest BCUT2D eigenvalue weighted by Gasteiger charge is -2.37. The molecule has 1 fully saturated rings. The van der Waals surface area contributed by atoms with Gasteiger partial charge in [0.25, 0.3) is 0 Å². The van der Waals surface area contributed by atoms with E-state index in [0.717, 1.165) is 29.8 Å². The first-order valence-electron chi connectivity index (χ1n) is 9.11. The van der Waals surface area contributed by atoms with Crippen LogP contribution in [0.1, 0.15) is 27.8 Å². The van der Waals surface area contributed by atoms with Crippen LogP contribution in [0.3, 0.4) is 0 Å². The maximum Gasteiger partial charge on any atom is 0.243 e. The number of aryl methyl sites for hydroxylation is 5. The number of piperazine rings is 1. The molecule has 1 aliphatic rings. The van der Waals surface area contributed by atoms with Crippen LogP contribution >= 0.6 is 0 Å². The van der Waals surface area contributed by atoms with E-state index < -0.39 is 10.0 Å². The number of anilines is 1. The van der Waals surface area contributed by atoms with Gasteiger partial charge in [0.05, 0.1) is 4.90 Å². The van der Waals surface area contributed by atoms with Crippen molar-refractivity contribution >= 4 is 15.7 Å². The van der Waals surface area contributed by atoms with Crippen LogP contribution in [-0.4, -0.2) is 38.9 Å². The van der Waals surface area contributed by atoms with E-state index in [-0.39, 0.29) is 0 Å². The molecule has 0 saturated carbocycles. The van der Waals surface area contributed by atoms with Gasteiger partial charge in [0.15, 0.2) is 0 Å².